The summed E-state index contributed by atoms with van der Waals surface area (Å²) in [7, 11) is 0. The van der Waals surface area contributed by atoms with E-state index in [0.29, 0.717) is 11.8 Å². The highest BCUT2D eigenvalue weighted by atomic mass is 35.5. The zero-order chi connectivity index (χ0) is 21.2. The zero-order valence-corrected chi connectivity index (χ0v) is 17.0. The van der Waals surface area contributed by atoms with Gasteiger partial charge in [-0.2, -0.15) is 13.2 Å². The van der Waals surface area contributed by atoms with Crippen LogP contribution < -0.4 is 10.6 Å². The predicted octanol–water partition coefficient (Wildman–Crippen LogP) is 5.36. The van der Waals surface area contributed by atoms with E-state index in [9.17, 15) is 18.0 Å². The molecule has 3 rings (SSSR count). The van der Waals surface area contributed by atoms with Crippen LogP contribution in [0.15, 0.2) is 22.7 Å². The number of rotatable bonds is 5. The summed E-state index contributed by atoms with van der Waals surface area (Å²) in [6, 6.07) is 2.69. The molecule has 0 aliphatic heterocycles. The fraction of sp³-hybridized carbons (Fsp3) is 0.500. The molecule has 1 heterocycles. The van der Waals surface area contributed by atoms with Crippen LogP contribution in [0.25, 0.3) is 0 Å². The molecule has 2 aromatic rings. The average Bonchev–Trinajstić information content (AvgIpc) is 2.99. The minimum absolute atomic E-state index is 0.00565. The monoisotopic (exact) mass is 429 g/mol. The molecule has 1 fully saturated rings. The van der Waals surface area contributed by atoms with Crippen LogP contribution in [0.5, 0.6) is 0 Å². The van der Waals surface area contributed by atoms with E-state index in [4.69, 9.17) is 16.1 Å². The van der Waals surface area contributed by atoms with Gasteiger partial charge in [0.1, 0.15) is 0 Å². The number of aromatic nitrogens is 1. The van der Waals surface area contributed by atoms with E-state index in [1.165, 1.54) is 0 Å². The highest BCUT2D eigenvalue weighted by Crippen LogP contribution is 2.32. The number of amides is 1. The minimum atomic E-state index is -4.52. The smallest absolute Gasteiger partial charge is 0.354 e. The fourth-order valence-corrected chi connectivity index (χ4v) is 3.67. The summed E-state index contributed by atoms with van der Waals surface area (Å²) in [5.41, 5.74) is 0.803. The van der Waals surface area contributed by atoms with Gasteiger partial charge in [-0.25, -0.2) is 0 Å². The molecule has 0 bridgehead atoms. The van der Waals surface area contributed by atoms with Crippen LogP contribution in [-0.4, -0.2) is 23.7 Å². The van der Waals surface area contributed by atoms with E-state index in [2.05, 4.69) is 15.8 Å². The second kappa shape index (κ2) is 8.65. The first-order chi connectivity index (χ1) is 13.6. The highest BCUT2D eigenvalue weighted by molar-refractivity contribution is 6.33. The third-order valence-corrected chi connectivity index (χ3v) is 5.76. The molecule has 5 nitrogen and oxygen atoms in total. The highest BCUT2D eigenvalue weighted by Gasteiger charge is 2.32. The Labute approximate surface area is 172 Å². The fourth-order valence-electron chi connectivity index (χ4n) is 3.47. The number of nitrogens with one attached hydrogen (secondary N) is 2. The number of hydrogen-bond acceptors (Lipinski definition) is 4. The van der Waals surface area contributed by atoms with Gasteiger partial charge in [-0.05, 0) is 63.6 Å². The van der Waals surface area contributed by atoms with E-state index in [-0.39, 0.29) is 16.6 Å². The van der Waals surface area contributed by atoms with E-state index >= 15 is 0 Å². The Bertz CT molecular complexity index is 874. The third-order valence-electron chi connectivity index (χ3n) is 5.43. The Balaban J connectivity index is 1.52. The summed E-state index contributed by atoms with van der Waals surface area (Å²) in [5.74, 6) is 0.526. The number of benzene rings is 1. The van der Waals surface area contributed by atoms with Crippen LogP contribution in [0.2, 0.25) is 5.02 Å². The van der Waals surface area contributed by atoms with Crippen molar-refractivity contribution >= 4 is 23.4 Å². The van der Waals surface area contributed by atoms with Gasteiger partial charge in [0.25, 0.3) is 5.91 Å². The predicted molar refractivity (Wildman–Crippen MR) is 104 cm³/mol. The number of carbonyl (C=O) groups excluding carboxylic acids is 1. The first-order valence-corrected chi connectivity index (χ1v) is 9.87. The molecule has 1 aromatic carbocycles. The summed E-state index contributed by atoms with van der Waals surface area (Å²) in [6.07, 6.45) is -1.24. The van der Waals surface area contributed by atoms with Gasteiger partial charge in [-0.15, -0.1) is 0 Å². The molecule has 0 atom stereocenters. The molecule has 1 amide bonds. The Morgan fingerprint density at radius 1 is 1.24 bits per heavy atom. The number of aryl methyl sites for hydroxylation is 1. The van der Waals surface area contributed by atoms with Gasteiger partial charge in [-0.1, -0.05) is 16.8 Å². The molecule has 0 radical (unpaired) electrons. The van der Waals surface area contributed by atoms with Crippen molar-refractivity contribution in [2.75, 3.05) is 11.9 Å². The maximum Gasteiger partial charge on any atom is 0.416 e. The van der Waals surface area contributed by atoms with Crippen LogP contribution in [0.4, 0.5) is 19.1 Å². The summed E-state index contributed by atoms with van der Waals surface area (Å²) < 4.78 is 43.9. The number of alkyl halides is 3. The van der Waals surface area contributed by atoms with E-state index in [1.807, 2.05) is 13.8 Å². The van der Waals surface area contributed by atoms with Crippen molar-refractivity contribution in [1.82, 2.24) is 10.5 Å². The minimum Gasteiger partial charge on any atom is -0.354 e. The maximum atomic E-state index is 12.9. The summed E-state index contributed by atoms with van der Waals surface area (Å²) in [5, 5.41) is 10.0. The van der Waals surface area contributed by atoms with Gasteiger partial charge >= 0.3 is 6.18 Å². The molecule has 0 saturated heterocycles. The molecule has 9 heteroatoms. The number of hydrogen-bond donors (Lipinski definition) is 2. The average molecular weight is 430 g/mol. The second-order valence-corrected chi connectivity index (χ2v) is 7.89. The molecule has 1 aromatic heterocycles. The molecule has 2 N–H and O–H groups in total. The summed E-state index contributed by atoms with van der Waals surface area (Å²) in [6.45, 7) is 4.57. The second-order valence-electron chi connectivity index (χ2n) is 7.49. The third kappa shape index (κ3) is 5.23. The molecule has 1 aliphatic carbocycles. The largest absolute Gasteiger partial charge is 0.416 e. The van der Waals surface area contributed by atoms with Crippen molar-refractivity contribution in [2.45, 2.75) is 51.7 Å². The lowest BCUT2D eigenvalue weighted by atomic mass is 9.86. The quantitative estimate of drug-likeness (QED) is 0.671. The van der Waals surface area contributed by atoms with Crippen molar-refractivity contribution in [3.05, 3.63) is 45.6 Å². The van der Waals surface area contributed by atoms with Gasteiger partial charge in [0.15, 0.2) is 0 Å². The van der Waals surface area contributed by atoms with Crippen LogP contribution in [0.1, 0.15) is 52.9 Å². The molecule has 29 heavy (non-hydrogen) atoms. The van der Waals surface area contributed by atoms with Crippen LogP contribution >= 0.6 is 11.6 Å². The number of anilines is 1. The van der Waals surface area contributed by atoms with Crippen LogP contribution in [-0.2, 0) is 6.18 Å². The number of carbonyl (C=O) groups is 1. The van der Waals surface area contributed by atoms with Gasteiger partial charge in [0, 0.05) is 18.2 Å². The van der Waals surface area contributed by atoms with Crippen LogP contribution in [0, 0.1) is 19.8 Å². The first kappa shape index (κ1) is 21.5. The Kier molecular flexibility index (Phi) is 6.41. The lowest BCUT2D eigenvalue weighted by molar-refractivity contribution is -0.137. The van der Waals surface area contributed by atoms with Gasteiger partial charge in [0.2, 0.25) is 5.88 Å². The van der Waals surface area contributed by atoms with Crippen molar-refractivity contribution in [1.29, 1.82) is 0 Å². The van der Waals surface area contributed by atoms with E-state index in [1.54, 1.807) is 0 Å². The lowest BCUT2D eigenvalue weighted by Crippen LogP contribution is -2.38. The first-order valence-electron chi connectivity index (χ1n) is 9.49. The Morgan fingerprint density at radius 2 is 1.93 bits per heavy atom. The number of halogens is 4. The molecular formula is C20H23ClF3N3O2. The molecule has 158 valence electrons. The topological polar surface area (TPSA) is 67.2 Å². The van der Waals surface area contributed by atoms with Gasteiger partial charge in [0.05, 0.1) is 21.8 Å². The van der Waals surface area contributed by atoms with Gasteiger partial charge < -0.3 is 15.2 Å². The van der Waals surface area contributed by atoms with Crippen molar-refractivity contribution < 1.29 is 22.5 Å². The number of nitrogens with zero attached hydrogens (tertiary/aromatic N) is 1. The standard InChI is InChI=1S/C20H23ClF3N3O2/c1-11-12(2)27-29-19(11)25-10-13-3-6-15(7-4-13)26-18(28)16-9-14(20(22,23)24)5-8-17(16)21/h5,8-9,13,15,25H,3-4,6-7,10H2,1-2H3,(H,26,28)/t13-,15-. The van der Waals surface area contributed by atoms with Gasteiger partial charge in [-0.3, -0.25) is 4.79 Å². The summed E-state index contributed by atoms with van der Waals surface area (Å²) >= 11 is 5.95. The van der Waals surface area contributed by atoms with E-state index < -0.39 is 17.6 Å². The zero-order valence-electron chi connectivity index (χ0n) is 16.2. The molecular weight excluding hydrogens is 407 g/mol. The van der Waals surface area contributed by atoms with Crippen molar-refractivity contribution in [3.63, 3.8) is 0 Å². The Hall–Kier alpha value is -2.22. The molecule has 0 spiro atoms. The van der Waals surface area contributed by atoms with E-state index in [0.717, 1.165) is 61.7 Å². The van der Waals surface area contributed by atoms with Crippen molar-refractivity contribution in [2.24, 2.45) is 5.92 Å². The normalized spacial score (nSPS) is 19.8. The molecule has 1 aliphatic rings. The SMILES string of the molecule is Cc1noc(NC[C@H]2CC[C@H](NC(=O)c3cc(C(F)(F)F)ccc3Cl)CC2)c1C. The summed E-state index contributed by atoms with van der Waals surface area (Å²) in [4.78, 5) is 12.5. The molecule has 0 unspecified atom stereocenters. The van der Waals surface area contributed by atoms with Crippen molar-refractivity contribution in [3.8, 4) is 0 Å². The Morgan fingerprint density at radius 3 is 2.52 bits per heavy atom. The molecule has 1 saturated carbocycles. The van der Waals surface area contributed by atoms with Crippen LogP contribution in [0.3, 0.4) is 0 Å². The lowest BCUT2D eigenvalue weighted by Gasteiger charge is -2.29. The maximum absolute atomic E-state index is 12.9.